The summed E-state index contributed by atoms with van der Waals surface area (Å²) in [5, 5.41) is 1.55. The Bertz CT molecular complexity index is 150. The molecule has 0 spiro atoms. The summed E-state index contributed by atoms with van der Waals surface area (Å²) in [5.41, 5.74) is 2.51. The summed E-state index contributed by atoms with van der Waals surface area (Å²) in [7, 11) is 3.47. The van der Waals surface area contributed by atoms with E-state index in [0.717, 1.165) is 0 Å². The molecule has 0 aromatic heterocycles. The first-order valence-electron chi connectivity index (χ1n) is 3.92. The highest BCUT2D eigenvalue weighted by Crippen LogP contribution is 2.12. The molecular weight excluding hydrogens is 156 g/mol. The molecule has 0 heterocycles. The maximum Gasteiger partial charge on any atom is 0.421 e. The van der Waals surface area contributed by atoms with Crippen LogP contribution in [0.25, 0.3) is 0 Å². The number of nitrogens with one attached hydrogen (secondary N) is 1. The number of ether oxygens (including phenoxy) is 1. The summed E-state index contributed by atoms with van der Waals surface area (Å²) in [6.07, 6.45) is -0.407. The van der Waals surface area contributed by atoms with Gasteiger partial charge in [-0.1, -0.05) is 20.8 Å². The molecule has 0 aromatic carbocycles. The Hall–Kier alpha value is -0.770. The zero-order valence-electron chi connectivity index (χ0n) is 8.47. The van der Waals surface area contributed by atoms with E-state index in [-0.39, 0.29) is 5.41 Å². The van der Waals surface area contributed by atoms with Crippen LogP contribution in [0.15, 0.2) is 0 Å². The van der Waals surface area contributed by atoms with Crippen LogP contribution in [0, 0.1) is 5.41 Å². The summed E-state index contributed by atoms with van der Waals surface area (Å²) >= 11 is 0. The molecule has 1 N–H and O–H groups in total. The summed E-state index contributed by atoms with van der Waals surface area (Å²) in [5.74, 6) is 0. The first-order valence-corrected chi connectivity index (χ1v) is 3.92. The van der Waals surface area contributed by atoms with Gasteiger partial charge in [0.2, 0.25) is 0 Å². The fraction of sp³-hybridized carbons (Fsp3) is 0.875. The number of amides is 1. The zero-order valence-corrected chi connectivity index (χ0v) is 8.47. The normalized spacial score (nSPS) is 11.5. The van der Waals surface area contributed by atoms with Crippen molar-refractivity contribution in [2.45, 2.75) is 20.8 Å². The molecule has 12 heavy (non-hydrogen) atoms. The topological polar surface area (TPSA) is 41.6 Å². The summed E-state index contributed by atoms with van der Waals surface area (Å²) in [6.45, 7) is 6.45. The lowest BCUT2D eigenvalue weighted by Crippen LogP contribution is -2.37. The Morgan fingerprint density at radius 3 is 2.25 bits per heavy atom. The predicted octanol–water partition coefficient (Wildman–Crippen LogP) is 1.24. The molecule has 1 amide bonds. The van der Waals surface area contributed by atoms with E-state index in [1.54, 1.807) is 19.1 Å². The molecule has 0 rings (SSSR count). The smallest absolute Gasteiger partial charge is 0.421 e. The van der Waals surface area contributed by atoms with Crippen molar-refractivity contribution < 1.29 is 9.53 Å². The molecule has 4 heteroatoms. The molecule has 0 aliphatic carbocycles. The van der Waals surface area contributed by atoms with Crippen LogP contribution >= 0.6 is 0 Å². The standard InChI is InChI=1S/C8H18N2O2/c1-8(2,3)6-12-7(11)9-10(4)5/h6H2,1-5H3,(H,9,11). The van der Waals surface area contributed by atoms with E-state index >= 15 is 0 Å². The van der Waals surface area contributed by atoms with Gasteiger partial charge in [0.1, 0.15) is 0 Å². The van der Waals surface area contributed by atoms with Crippen LogP contribution in [0.4, 0.5) is 4.79 Å². The Kier molecular flexibility index (Phi) is 4.03. The van der Waals surface area contributed by atoms with Crippen LogP contribution in [0.1, 0.15) is 20.8 Å². The van der Waals surface area contributed by atoms with Gasteiger partial charge in [0, 0.05) is 14.1 Å². The molecule has 0 radical (unpaired) electrons. The molecule has 0 unspecified atom stereocenters. The lowest BCUT2D eigenvalue weighted by atomic mass is 9.99. The Labute approximate surface area is 73.8 Å². The van der Waals surface area contributed by atoms with E-state index in [0.29, 0.717) is 6.61 Å². The van der Waals surface area contributed by atoms with Crippen molar-refractivity contribution in [3.8, 4) is 0 Å². The fourth-order valence-electron chi connectivity index (χ4n) is 0.497. The molecule has 0 aliphatic rings. The molecular formula is C8H18N2O2. The van der Waals surface area contributed by atoms with Crippen molar-refractivity contribution in [3.63, 3.8) is 0 Å². The molecule has 4 nitrogen and oxygen atoms in total. The Morgan fingerprint density at radius 1 is 1.42 bits per heavy atom. The van der Waals surface area contributed by atoms with Gasteiger partial charge in [-0.2, -0.15) is 0 Å². The summed E-state index contributed by atoms with van der Waals surface area (Å²) < 4.78 is 4.93. The van der Waals surface area contributed by atoms with E-state index in [2.05, 4.69) is 5.43 Å². The third kappa shape index (κ3) is 7.34. The largest absolute Gasteiger partial charge is 0.448 e. The molecule has 0 aliphatic heterocycles. The van der Waals surface area contributed by atoms with Gasteiger partial charge in [-0.15, -0.1) is 0 Å². The average Bonchev–Trinajstić information content (AvgIpc) is 1.80. The van der Waals surface area contributed by atoms with E-state index in [4.69, 9.17) is 4.74 Å². The van der Waals surface area contributed by atoms with E-state index in [1.807, 2.05) is 20.8 Å². The number of carbonyl (C=O) groups is 1. The van der Waals surface area contributed by atoms with Crippen molar-refractivity contribution in [2.75, 3.05) is 20.7 Å². The van der Waals surface area contributed by atoms with Gasteiger partial charge < -0.3 is 4.74 Å². The van der Waals surface area contributed by atoms with Crippen molar-refractivity contribution in [1.82, 2.24) is 10.4 Å². The van der Waals surface area contributed by atoms with E-state index in [9.17, 15) is 4.79 Å². The van der Waals surface area contributed by atoms with Crippen molar-refractivity contribution in [2.24, 2.45) is 5.41 Å². The number of carbonyl (C=O) groups excluding carboxylic acids is 1. The third-order valence-electron chi connectivity index (χ3n) is 0.951. The van der Waals surface area contributed by atoms with Gasteiger partial charge in [0.25, 0.3) is 0 Å². The molecule has 0 saturated heterocycles. The van der Waals surface area contributed by atoms with Crippen molar-refractivity contribution in [3.05, 3.63) is 0 Å². The zero-order chi connectivity index (χ0) is 9.78. The van der Waals surface area contributed by atoms with Gasteiger partial charge in [0.15, 0.2) is 0 Å². The quantitative estimate of drug-likeness (QED) is 0.640. The third-order valence-corrected chi connectivity index (χ3v) is 0.951. The minimum absolute atomic E-state index is 0.0175. The maximum atomic E-state index is 10.9. The predicted molar refractivity (Wildman–Crippen MR) is 47.6 cm³/mol. The molecule has 0 aromatic rings. The highest BCUT2D eigenvalue weighted by molar-refractivity contribution is 5.66. The molecule has 0 atom stereocenters. The van der Waals surface area contributed by atoms with Crippen molar-refractivity contribution in [1.29, 1.82) is 0 Å². The lowest BCUT2D eigenvalue weighted by Gasteiger charge is -2.19. The first kappa shape index (κ1) is 11.2. The SMILES string of the molecule is CN(C)NC(=O)OCC(C)(C)C. The Morgan fingerprint density at radius 2 is 1.92 bits per heavy atom. The van der Waals surface area contributed by atoms with Gasteiger partial charge >= 0.3 is 6.09 Å². The minimum Gasteiger partial charge on any atom is -0.448 e. The molecule has 0 fully saturated rings. The highest BCUT2D eigenvalue weighted by atomic mass is 16.6. The minimum atomic E-state index is -0.407. The highest BCUT2D eigenvalue weighted by Gasteiger charge is 2.13. The molecule has 0 saturated carbocycles. The number of hydrogen-bond acceptors (Lipinski definition) is 3. The molecule has 72 valence electrons. The maximum absolute atomic E-state index is 10.9. The van der Waals surface area contributed by atoms with Crippen LogP contribution in [-0.4, -0.2) is 31.8 Å². The van der Waals surface area contributed by atoms with Gasteiger partial charge in [-0.25, -0.2) is 9.80 Å². The van der Waals surface area contributed by atoms with Gasteiger partial charge in [-0.05, 0) is 5.41 Å². The second kappa shape index (κ2) is 4.30. The summed E-state index contributed by atoms with van der Waals surface area (Å²) in [4.78, 5) is 10.9. The average molecular weight is 174 g/mol. The fourth-order valence-corrected chi connectivity index (χ4v) is 0.497. The second-order valence-corrected chi connectivity index (χ2v) is 4.14. The Balaban J connectivity index is 3.58. The number of hydrogen-bond donors (Lipinski definition) is 1. The van der Waals surface area contributed by atoms with Crippen molar-refractivity contribution >= 4 is 6.09 Å². The number of hydrazine groups is 1. The van der Waals surface area contributed by atoms with E-state index in [1.165, 1.54) is 0 Å². The molecule has 0 bridgehead atoms. The summed E-state index contributed by atoms with van der Waals surface area (Å²) in [6, 6.07) is 0. The second-order valence-electron chi connectivity index (χ2n) is 4.14. The van der Waals surface area contributed by atoms with Crippen LogP contribution in [-0.2, 0) is 4.74 Å². The van der Waals surface area contributed by atoms with Gasteiger partial charge in [-0.3, -0.25) is 5.43 Å². The van der Waals surface area contributed by atoms with Gasteiger partial charge in [0.05, 0.1) is 6.61 Å². The van der Waals surface area contributed by atoms with Crippen LogP contribution < -0.4 is 5.43 Å². The van der Waals surface area contributed by atoms with Crippen LogP contribution in [0.3, 0.4) is 0 Å². The van der Waals surface area contributed by atoms with Crippen LogP contribution in [0.5, 0.6) is 0 Å². The number of nitrogens with zero attached hydrogens (tertiary/aromatic N) is 1. The first-order chi connectivity index (χ1) is 5.31. The van der Waals surface area contributed by atoms with E-state index < -0.39 is 6.09 Å². The lowest BCUT2D eigenvalue weighted by molar-refractivity contribution is 0.0890. The number of rotatable bonds is 2. The monoisotopic (exact) mass is 174 g/mol. The van der Waals surface area contributed by atoms with Crippen LogP contribution in [0.2, 0.25) is 0 Å².